The van der Waals surface area contributed by atoms with Gasteiger partial charge in [-0.3, -0.25) is 4.79 Å². The third-order valence-corrected chi connectivity index (χ3v) is 7.79. The van der Waals surface area contributed by atoms with Crippen LogP contribution in [0.1, 0.15) is 45.0 Å². The van der Waals surface area contributed by atoms with Gasteiger partial charge in [-0.05, 0) is 72.6 Å². The highest BCUT2D eigenvalue weighted by Crippen LogP contribution is 2.31. The quantitative estimate of drug-likeness (QED) is 0.217. The molecule has 38 heavy (non-hydrogen) atoms. The summed E-state index contributed by atoms with van der Waals surface area (Å²) in [6, 6.07) is 27.9. The van der Waals surface area contributed by atoms with Crippen LogP contribution in [-0.4, -0.2) is 42.9 Å². The Kier molecular flexibility index (Phi) is 9.07. The van der Waals surface area contributed by atoms with Crippen molar-refractivity contribution in [1.82, 2.24) is 9.80 Å². The molecule has 0 bridgehead atoms. The summed E-state index contributed by atoms with van der Waals surface area (Å²) in [4.78, 5) is 17.9. The zero-order valence-corrected chi connectivity index (χ0v) is 23.4. The van der Waals surface area contributed by atoms with Crippen molar-refractivity contribution in [2.75, 3.05) is 27.2 Å². The molecule has 1 amide bonds. The number of benzene rings is 4. The molecule has 0 saturated carbocycles. The van der Waals surface area contributed by atoms with Crippen molar-refractivity contribution in [2.24, 2.45) is 0 Å². The minimum Gasteiger partial charge on any atom is -0.341 e. The minimum absolute atomic E-state index is 0.0441. The summed E-state index contributed by atoms with van der Waals surface area (Å²) in [6.07, 6.45) is 0.830. The normalized spacial score (nSPS) is 11.9. The van der Waals surface area contributed by atoms with Crippen LogP contribution in [0, 0.1) is 18.3 Å². The molecule has 0 aromatic heterocycles. The molecule has 4 rings (SSSR count). The van der Waals surface area contributed by atoms with E-state index in [0.717, 1.165) is 35.8 Å². The number of amides is 1. The lowest BCUT2D eigenvalue weighted by Gasteiger charge is -2.28. The monoisotopic (exact) mass is 543 g/mol. The predicted molar refractivity (Wildman–Crippen MR) is 157 cm³/mol. The van der Waals surface area contributed by atoms with Crippen LogP contribution < -0.4 is 0 Å². The third kappa shape index (κ3) is 6.37. The number of nitrogens with zero attached hydrogens (tertiary/aromatic N) is 3. The average Bonchev–Trinajstić information content (AvgIpc) is 2.92. The number of halogens is 2. The maximum Gasteiger partial charge on any atom is 0.254 e. The van der Waals surface area contributed by atoms with Crippen LogP contribution in [-0.2, 0) is 6.54 Å². The highest BCUT2D eigenvalue weighted by molar-refractivity contribution is 6.42. The summed E-state index contributed by atoms with van der Waals surface area (Å²) in [7, 11) is 3.93. The smallest absolute Gasteiger partial charge is 0.254 e. The minimum atomic E-state index is -0.0986. The Hall–Kier alpha value is -3.36. The number of nitriles is 1. The lowest BCUT2D eigenvalue weighted by atomic mass is 9.92. The van der Waals surface area contributed by atoms with Crippen molar-refractivity contribution in [3.63, 3.8) is 0 Å². The molecule has 4 nitrogen and oxygen atoms in total. The van der Waals surface area contributed by atoms with E-state index in [-0.39, 0.29) is 11.8 Å². The fourth-order valence-electron chi connectivity index (χ4n) is 4.93. The molecule has 0 N–H and O–H groups in total. The van der Waals surface area contributed by atoms with E-state index in [2.05, 4.69) is 42.3 Å². The zero-order chi connectivity index (χ0) is 27.2. The highest BCUT2D eigenvalue weighted by atomic mass is 35.5. The molecule has 0 saturated heterocycles. The second kappa shape index (κ2) is 12.5. The first-order chi connectivity index (χ1) is 18.3. The topological polar surface area (TPSA) is 47.3 Å². The first-order valence-electron chi connectivity index (χ1n) is 12.6. The molecule has 4 aromatic rings. The van der Waals surface area contributed by atoms with Gasteiger partial charge in [0.15, 0.2) is 0 Å². The number of hydrogen-bond donors (Lipinski definition) is 0. The molecule has 6 heteroatoms. The Morgan fingerprint density at radius 2 is 1.66 bits per heavy atom. The predicted octanol–water partition coefficient (Wildman–Crippen LogP) is 7.70. The molecule has 0 aliphatic rings. The molecule has 0 aliphatic heterocycles. The molecule has 1 unspecified atom stereocenters. The van der Waals surface area contributed by atoms with Crippen molar-refractivity contribution in [3.8, 4) is 6.07 Å². The first kappa shape index (κ1) is 27.7. The van der Waals surface area contributed by atoms with Gasteiger partial charge in [-0.1, -0.05) is 83.9 Å². The SMILES string of the molecule is Cc1c(C#N)cc2ccccc2c1C(=O)N(C)CC(CCN(C)Cc1ccccc1)c1ccc(Cl)c(Cl)c1. The van der Waals surface area contributed by atoms with Gasteiger partial charge in [-0.15, -0.1) is 0 Å². The van der Waals surface area contributed by atoms with Crippen molar-refractivity contribution in [1.29, 1.82) is 5.26 Å². The summed E-state index contributed by atoms with van der Waals surface area (Å²) < 4.78 is 0. The lowest BCUT2D eigenvalue weighted by molar-refractivity contribution is 0.0784. The van der Waals surface area contributed by atoms with Crippen LogP contribution in [0.5, 0.6) is 0 Å². The molecule has 0 fully saturated rings. The maximum atomic E-state index is 13.9. The summed E-state index contributed by atoms with van der Waals surface area (Å²) >= 11 is 12.6. The number of carbonyl (C=O) groups is 1. The largest absolute Gasteiger partial charge is 0.341 e. The Labute approximate surface area is 235 Å². The van der Waals surface area contributed by atoms with Crippen LogP contribution in [0.25, 0.3) is 10.8 Å². The van der Waals surface area contributed by atoms with Crippen molar-refractivity contribution in [2.45, 2.75) is 25.8 Å². The molecule has 0 heterocycles. The summed E-state index contributed by atoms with van der Waals surface area (Å²) in [5.41, 5.74) is 4.10. The summed E-state index contributed by atoms with van der Waals surface area (Å²) in [6.45, 7) is 4.03. The van der Waals surface area contributed by atoms with Gasteiger partial charge >= 0.3 is 0 Å². The molecule has 0 aliphatic carbocycles. The van der Waals surface area contributed by atoms with Gasteiger partial charge < -0.3 is 9.80 Å². The number of carbonyl (C=O) groups excluding carboxylic acids is 1. The van der Waals surface area contributed by atoms with Gasteiger partial charge in [-0.2, -0.15) is 5.26 Å². The third-order valence-electron chi connectivity index (χ3n) is 7.05. The number of hydrogen-bond acceptors (Lipinski definition) is 3. The molecule has 0 radical (unpaired) electrons. The fraction of sp³-hybridized carbons (Fsp3) is 0.250. The Morgan fingerprint density at radius 1 is 0.947 bits per heavy atom. The van der Waals surface area contributed by atoms with Gasteiger partial charge in [0.25, 0.3) is 5.91 Å². The highest BCUT2D eigenvalue weighted by Gasteiger charge is 2.24. The Bertz CT molecular complexity index is 1480. The van der Waals surface area contributed by atoms with Crippen LogP contribution in [0.4, 0.5) is 0 Å². The van der Waals surface area contributed by atoms with Gasteiger partial charge in [0.2, 0.25) is 0 Å². The molecule has 0 spiro atoms. The summed E-state index contributed by atoms with van der Waals surface area (Å²) in [5.74, 6) is -0.0545. The van der Waals surface area contributed by atoms with Gasteiger partial charge in [0, 0.05) is 26.1 Å². The van der Waals surface area contributed by atoms with Crippen molar-refractivity contribution >= 4 is 39.9 Å². The van der Waals surface area contributed by atoms with Crippen LogP contribution in [0.2, 0.25) is 10.0 Å². The van der Waals surface area contributed by atoms with Gasteiger partial charge in [-0.25, -0.2) is 0 Å². The molecular weight excluding hydrogens is 513 g/mol. The van der Waals surface area contributed by atoms with E-state index in [1.807, 2.05) is 68.6 Å². The van der Waals surface area contributed by atoms with Crippen LogP contribution >= 0.6 is 23.2 Å². The first-order valence-corrected chi connectivity index (χ1v) is 13.4. The van der Waals surface area contributed by atoms with Crippen LogP contribution in [0.15, 0.2) is 78.9 Å². The standard InChI is InChI=1S/C32H31Cl2N3O/c1-22-27(19-35)17-25-11-7-8-12-28(25)31(22)32(38)37(3)21-26(24-13-14-29(33)30(34)18-24)15-16-36(2)20-23-9-5-4-6-10-23/h4-14,17-18,26H,15-16,20-21H2,1-3H3. The number of fused-ring (bicyclic) bond motifs is 1. The second-order valence-corrected chi connectivity index (χ2v) is 10.6. The summed E-state index contributed by atoms with van der Waals surface area (Å²) in [5, 5.41) is 12.4. The van der Waals surface area contributed by atoms with Gasteiger partial charge in [0.1, 0.15) is 0 Å². The van der Waals surface area contributed by atoms with E-state index in [9.17, 15) is 10.1 Å². The average molecular weight is 545 g/mol. The van der Waals surface area contributed by atoms with E-state index in [1.165, 1.54) is 5.56 Å². The molecule has 1 atom stereocenters. The number of rotatable bonds is 9. The molecular formula is C32H31Cl2N3O. The second-order valence-electron chi connectivity index (χ2n) is 9.83. The van der Waals surface area contributed by atoms with E-state index in [1.54, 1.807) is 4.90 Å². The molecule has 194 valence electrons. The van der Waals surface area contributed by atoms with E-state index >= 15 is 0 Å². The maximum absolute atomic E-state index is 13.9. The Balaban J connectivity index is 1.59. The Morgan fingerprint density at radius 3 is 2.37 bits per heavy atom. The van der Waals surface area contributed by atoms with E-state index in [4.69, 9.17) is 23.2 Å². The fourth-order valence-corrected chi connectivity index (χ4v) is 5.23. The van der Waals surface area contributed by atoms with E-state index in [0.29, 0.717) is 33.3 Å². The van der Waals surface area contributed by atoms with Crippen LogP contribution in [0.3, 0.4) is 0 Å². The lowest BCUT2D eigenvalue weighted by Crippen LogP contribution is -2.33. The number of likely N-dealkylation sites (N-methyl/N-ethyl adjacent to an activating group) is 1. The zero-order valence-electron chi connectivity index (χ0n) is 21.9. The van der Waals surface area contributed by atoms with Crippen molar-refractivity contribution < 1.29 is 4.79 Å². The van der Waals surface area contributed by atoms with E-state index < -0.39 is 0 Å². The van der Waals surface area contributed by atoms with Crippen molar-refractivity contribution in [3.05, 3.63) is 117 Å². The van der Waals surface area contributed by atoms with Gasteiger partial charge in [0.05, 0.1) is 27.2 Å². The molecule has 4 aromatic carbocycles.